The quantitative estimate of drug-likeness (QED) is 0.685. The van der Waals surface area contributed by atoms with Crippen LogP contribution in [0.5, 0.6) is 0 Å². The minimum atomic E-state index is 0.0754. The van der Waals surface area contributed by atoms with E-state index in [0.717, 1.165) is 17.7 Å². The molecule has 0 aliphatic heterocycles. The normalized spacial score (nSPS) is 9.71. The van der Waals surface area contributed by atoms with Crippen LogP contribution in [-0.4, -0.2) is 11.7 Å². The molecule has 3 nitrogen and oxygen atoms in total. The fourth-order valence-corrected chi connectivity index (χ4v) is 1.21. The molecule has 0 spiro atoms. The van der Waals surface area contributed by atoms with Gasteiger partial charge in [0.05, 0.1) is 12.7 Å². The van der Waals surface area contributed by atoms with Gasteiger partial charge in [0.1, 0.15) is 0 Å². The summed E-state index contributed by atoms with van der Waals surface area (Å²) >= 11 is 0. The van der Waals surface area contributed by atoms with Crippen LogP contribution in [0.4, 0.5) is 0 Å². The molecule has 0 heterocycles. The smallest absolute Gasteiger partial charge is 0.0681 e. The number of hydrogen-bond donors (Lipinski definition) is 2. The highest BCUT2D eigenvalue weighted by Gasteiger charge is 1.94. The number of aliphatic hydroxyl groups excluding tert-OH is 1. The summed E-state index contributed by atoms with van der Waals surface area (Å²) in [4.78, 5) is 0. The molecule has 0 bridgehead atoms. The lowest BCUT2D eigenvalue weighted by Gasteiger charge is -2.03. The molecule has 2 N–H and O–H groups in total. The summed E-state index contributed by atoms with van der Waals surface area (Å²) in [7, 11) is 0. The minimum absolute atomic E-state index is 0.0754. The van der Waals surface area contributed by atoms with Gasteiger partial charge < -0.3 is 10.4 Å². The molecular weight excluding hydrogens is 176 g/mol. The summed E-state index contributed by atoms with van der Waals surface area (Å²) in [6, 6.07) is 9.84. The summed E-state index contributed by atoms with van der Waals surface area (Å²) in [6.07, 6.45) is 0.527. The molecule has 1 aromatic carbocycles. The maximum Gasteiger partial charge on any atom is 0.0681 e. The van der Waals surface area contributed by atoms with Gasteiger partial charge in [0.15, 0.2) is 0 Å². The molecule has 0 saturated heterocycles. The van der Waals surface area contributed by atoms with Crippen molar-refractivity contribution in [2.45, 2.75) is 19.6 Å². The molecule has 0 aliphatic carbocycles. The van der Waals surface area contributed by atoms with Crippen LogP contribution in [0.3, 0.4) is 0 Å². The van der Waals surface area contributed by atoms with Crippen LogP contribution >= 0.6 is 0 Å². The van der Waals surface area contributed by atoms with E-state index in [9.17, 15) is 0 Å². The first-order chi connectivity index (χ1) is 6.86. The van der Waals surface area contributed by atoms with Crippen LogP contribution in [0.1, 0.15) is 17.5 Å². The summed E-state index contributed by atoms with van der Waals surface area (Å²) in [5.74, 6) is 0. The first-order valence-corrected chi connectivity index (χ1v) is 4.63. The number of rotatable bonds is 5. The molecule has 1 rings (SSSR count). The van der Waals surface area contributed by atoms with E-state index in [0.29, 0.717) is 13.0 Å². The van der Waals surface area contributed by atoms with Gasteiger partial charge in [-0.15, -0.1) is 0 Å². The molecule has 14 heavy (non-hydrogen) atoms. The van der Waals surface area contributed by atoms with Crippen LogP contribution in [0.2, 0.25) is 0 Å². The summed E-state index contributed by atoms with van der Waals surface area (Å²) in [5, 5.41) is 20.4. The molecule has 0 saturated carbocycles. The zero-order valence-corrected chi connectivity index (χ0v) is 8.03. The predicted octanol–water partition coefficient (Wildman–Crippen LogP) is 1.18. The topological polar surface area (TPSA) is 56.0 Å². The van der Waals surface area contributed by atoms with Gasteiger partial charge in [0.2, 0.25) is 0 Å². The van der Waals surface area contributed by atoms with Crippen LogP contribution in [-0.2, 0) is 13.2 Å². The summed E-state index contributed by atoms with van der Waals surface area (Å²) < 4.78 is 0. The van der Waals surface area contributed by atoms with Crippen molar-refractivity contribution in [3.05, 3.63) is 35.4 Å². The number of nitrogens with zero attached hydrogens (tertiary/aromatic N) is 1. The van der Waals surface area contributed by atoms with Crippen molar-refractivity contribution in [3.63, 3.8) is 0 Å². The van der Waals surface area contributed by atoms with E-state index in [2.05, 4.69) is 11.4 Å². The molecule has 3 heteroatoms. The van der Waals surface area contributed by atoms with Crippen molar-refractivity contribution in [1.29, 1.82) is 5.26 Å². The minimum Gasteiger partial charge on any atom is -0.392 e. The Morgan fingerprint density at radius 3 is 2.86 bits per heavy atom. The van der Waals surface area contributed by atoms with Crippen molar-refractivity contribution < 1.29 is 5.11 Å². The lowest BCUT2D eigenvalue weighted by Crippen LogP contribution is -2.14. The third-order valence-corrected chi connectivity index (χ3v) is 1.92. The average molecular weight is 190 g/mol. The second-order valence-electron chi connectivity index (χ2n) is 3.06. The second kappa shape index (κ2) is 6.14. The van der Waals surface area contributed by atoms with Crippen molar-refractivity contribution in [2.24, 2.45) is 0 Å². The third kappa shape index (κ3) is 3.56. The van der Waals surface area contributed by atoms with Gasteiger partial charge in [-0.3, -0.25) is 0 Å². The maximum atomic E-state index is 8.91. The Kier molecular flexibility index (Phi) is 4.70. The van der Waals surface area contributed by atoms with Crippen molar-refractivity contribution >= 4 is 0 Å². The summed E-state index contributed by atoms with van der Waals surface area (Å²) in [5.41, 5.74) is 2.05. The van der Waals surface area contributed by atoms with Gasteiger partial charge in [-0.2, -0.15) is 5.26 Å². The van der Waals surface area contributed by atoms with E-state index < -0.39 is 0 Å². The van der Waals surface area contributed by atoms with E-state index in [1.165, 1.54) is 0 Å². The summed E-state index contributed by atoms with van der Waals surface area (Å²) in [6.45, 7) is 1.53. The van der Waals surface area contributed by atoms with Gasteiger partial charge in [-0.05, 0) is 11.1 Å². The Balaban J connectivity index is 2.39. The molecule has 0 aliphatic rings. The fraction of sp³-hybridized carbons (Fsp3) is 0.364. The number of benzene rings is 1. The molecule has 0 amide bonds. The first kappa shape index (κ1) is 10.7. The first-order valence-electron chi connectivity index (χ1n) is 4.63. The fourth-order valence-electron chi connectivity index (χ4n) is 1.21. The van der Waals surface area contributed by atoms with Gasteiger partial charge in [0, 0.05) is 19.5 Å². The molecule has 1 aromatic rings. The van der Waals surface area contributed by atoms with Crippen LogP contribution in [0.25, 0.3) is 0 Å². The van der Waals surface area contributed by atoms with E-state index in [4.69, 9.17) is 10.4 Å². The van der Waals surface area contributed by atoms with Crippen molar-refractivity contribution in [3.8, 4) is 6.07 Å². The molecule has 0 aromatic heterocycles. The number of nitriles is 1. The van der Waals surface area contributed by atoms with E-state index in [1.54, 1.807) is 0 Å². The SMILES string of the molecule is N#CCCNCc1cccc(CO)c1. The van der Waals surface area contributed by atoms with Gasteiger partial charge in [-0.25, -0.2) is 0 Å². The standard InChI is InChI=1S/C11H14N2O/c12-5-2-6-13-8-10-3-1-4-11(7-10)9-14/h1,3-4,7,13-14H,2,6,8-9H2. The highest BCUT2D eigenvalue weighted by atomic mass is 16.3. The highest BCUT2D eigenvalue weighted by molar-refractivity contribution is 5.22. The number of hydrogen-bond acceptors (Lipinski definition) is 3. The zero-order valence-electron chi connectivity index (χ0n) is 8.03. The van der Waals surface area contributed by atoms with Gasteiger partial charge in [-0.1, -0.05) is 24.3 Å². The largest absolute Gasteiger partial charge is 0.392 e. The number of aliphatic hydroxyl groups is 1. The Bertz CT molecular complexity index is 317. The molecule has 0 fully saturated rings. The van der Waals surface area contributed by atoms with Crippen molar-refractivity contribution in [1.82, 2.24) is 5.32 Å². The second-order valence-corrected chi connectivity index (χ2v) is 3.06. The lowest BCUT2D eigenvalue weighted by molar-refractivity contribution is 0.281. The van der Waals surface area contributed by atoms with Crippen LogP contribution in [0.15, 0.2) is 24.3 Å². The van der Waals surface area contributed by atoms with E-state index >= 15 is 0 Å². The average Bonchev–Trinajstić information content (AvgIpc) is 2.25. The molecule has 0 radical (unpaired) electrons. The predicted molar refractivity (Wildman–Crippen MR) is 54.3 cm³/mol. The molecule has 74 valence electrons. The zero-order chi connectivity index (χ0) is 10.2. The van der Waals surface area contributed by atoms with Gasteiger partial charge >= 0.3 is 0 Å². The Morgan fingerprint density at radius 1 is 1.36 bits per heavy atom. The molecule has 0 atom stereocenters. The molecular formula is C11H14N2O. The molecule has 0 unspecified atom stereocenters. The highest BCUT2D eigenvalue weighted by Crippen LogP contribution is 2.04. The van der Waals surface area contributed by atoms with Gasteiger partial charge in [0.25, 0.3) is 0 Å². The van der Waals surface area contributed by atoms with Crippen LogP contribution < -0.4 is 5.32 Å². The number of nitrogens with one attached hydrogen (secondary N) is 1. The lowest BCUT2D eigenvalue weighted by atomic mass is 10.1. The van der Waals surface area contributed by atoms with Crippen molar-refractivity contribution in [2.75, 3.05) is 6.54 Å². The maximum absolute atomic E-state index is 8.91. The van der Waals surface area contributed by atoms with E-state index in [-0.39, 0.29) is 6.61 Å². The monoisotopic (exact) mass is 190 g/mol. The third-order valence-electron chi connectivity index (χ3n) is 1.92. The van der Waals surface area contributed by atoms with Crippen LogP contribution in [0, 0.1) is 11.3 Å². The Hall–Kier alpha value is -1.37. The van der Waals surface area contributed by atoms with E-state index in [1.807, 2.05) is 24.3 Å². The Morgan fingerprint density at radius 2 is 2.14 bits per heavy atom. The Labute approximate surface area is 84.0 Å².